The third-order valence-electron chi connectivity index (χ3n) is 6.28. The number of nitrogens with zero attached hydrogens (tertiary/aromatic N) is 3. The fourth-order valence-corrected chi connectivity index (χ4v) is 5.15. The Balaban J connectivity index is 1.59. The molecule has 0 fully saturated rings. The third kappa shape index (κ3) is 4.16. The molecular formula is C27H22N4O6S. The van der Waals surface area contributed by atoms with E-state index in [0.717, 1.165) is 44.8 Å². The zero-order valence-corrected chi connectivity index (χ0v) is 21.3. The SMILES string of the molecule is CCOC(=O)c1c(-c2ccc3nsnc3c2)c2cc(NC(=O)OC)ccc2n1Cc1ccc2c(c1)OCO2. The number of amides is 1. The molecule has 6 rings (SSSR count). The van der Waals surface area contributed by atoms with Crippen molar-refractivity contribution in [2.45, 2.75) is 13.5 Å². The Kier molecular flexibility index (Phi) is 6.04. The fraction of sp³-hybridized carbons (Fsp3) is 0.185. The first-order chi connectivity index (χ1) is 18.6. The molecular weight excluding hydrogens is 508 g/mol. The van der Waals surface area contributed by atoms with E-state index in [1.807, 2.05) is 53.1 Å². The van der Waals surface area contributed by atoms with Crippen molar-refractivity contribution in [1.82, 2.24) is 13.3 Å². The van der Waals surface area contributed by atoms with Crippen LogP contribution in [0, 0.1) is 0 Å². The van der Waals surface area contributed by atoms with Crippen LogP contribution in [0.4, 0.5) is 10.5 Å². The Morgan fingerprint density at radius 3 is 2.71 bits per heavy atom. The van der Waals surface area contributed by atoms with Crippen LogP contribution in [0.2, 0.25) is 0 Å². The van der Waals surface area contributed by atoms with Gasteiger partial charge in [-0.25, -0.2) is 9.59 Å². The highest BCUT2D eigenvalue weighted by Crippen LogP contribution is 2.39. The van der Waals surface area contributed by atoms with Gasteiger partial charge in [-0.1, -0.05) is 12.1 Å². The first kappa shape index (κ1) is 23.7. The first-order valence-corrected chi connectivity index (χ1v) is 12.6. The van der Waals surface area contributed by atoms with Crippen molar-refractivity contribution in [2.75, 3.05) is 25.8 Å². The van der Waals surface area contributed by atoms with Crippen LogP contribution in [0.3, 0.4) is 0 Å². The number of ether oxygens (including phenoxy) is 4. The second-order valence-corrected chi connectivity index (χ2v) is 9.06. The van der Waals surface area contributed by atoms with E-state index < -0.39 is 12.1 Å². The lowest BCUT2D eigenvalue weighted by Gasteiger charge is -2.12. The average molecular weight is 531 g/mol. The molecule has 11 heteroatoms. The van der Waals surface area contributed by atoms with Gasteiger partial charge in [-0.15, -0.1) is 0 Å². The molecule has 0 saturated heterocycles. The number of carbonyl (C=O) groups is 2. The van der Waals surface area contributed by atoms with Crippen molar-refractivity contribution in [1.29, 1.82) is 0 Å². The van der Waals surface area contributed by atoms with Crippen LogP contribution in [0.5, 0.6) is 11.5 Å². The predicted molar refractivity (Wildman–Crippen MR) is 142 cm³/mol. The quantitative estimate of drug-likeness (QED) is 0.289. The van der Waals surface area contributed by atoms with Gasteiger partial charge in [0.1, 0.15) is 16.7 Å². The summed E-state index contributed by atoms with van der Waals surface area (Å²) in [6.07, 6.45) is -0.591. The number of benzene rings is 3. The van der Waals surface area contributed by atoms with Crippen LogP contribution in [-0.4, -0.2) is 45.9 Å². The lowest BCUT2D eigenvalue weighted by molar-refractivity contribution is 0.0516. The molecule has 0 atom stereocenters. The van der Waals surface area contributed by atoms with Crippen LogP contribution in [-0.2, 0) is 16.0 Å². The van der Waals surface area contributed by atoms with Gasteiger partial charge in [0.05, 0.1) is 25.4 Å². The molecule has 1 aliphatic rings. The van der Waals surface area contributed by atoms with Crippen molar-refractivity contribution in [2.24, 2.45) is 0 Å². The summed E-state index contributed by atoms with van der Waals surface area (Å²) in [6, 6.07) is 16.8. The van der Waals surface area contributed by atoms with Crippen LogP contribution < -0.4 is 14.8 Å². The van der Waals surface area contributed by atoms with Crippen LogP contribution in [0.25, 0.3) is 33.1 Å². The van der Waals surface area contributed by atoms with Gasteiger partial charge in [-0.3, -0.25) is 5.32 Å². The van der Waals surface area contributed by atoms with Crippen molar-refractivity contribution >= 4 is 51.4 Å². The largest absolute Gasteiger partial charge is 0.461 e. The van der Waals surface area contributed by atoms with Crippen molar-refractivity contribution in [3.05, 3.63) is 65.9 Å². The molecule has 2 aromatic heterocycles. The van der Waals surface area contributed by atoms with E-state index >= 15 is 0 Å². The fourth-order valence-electron chi connectivity index (χ4n) is 4.63. The summed E-state index contributed by atoms with van der Waals surface area (Å²) in [7, 11) is 1.30. The highest BCUT2D eigenvalue weighted by Gasteiger charge is 2.26. The third-order valence-corrected chi connectivity index (χ3v) is 6.84. The Morgan fingerprint density at radius 1 is 1.03 bits per heavy atom. The zero-order chi connectivity index (χ0) is 26.2. The normalized spacial score (nSPS) is 12.2. The molecule has 0 radical (unpaired) electrons. The molecule has 1 aliphatic heterocycles. The lowest BCUT2D eigenvalue weighted by Crippen LogP contribution is -2.14. The number of hydrogen-bond acceptors (Lipinski definition) is 9. The topological polar surface area (TPSA) is 114 Å². The van der Waals surface area contributed by atoms with E-state index in [-0.39, 0.29) is 13.4 Å². The van der Waals surface area contributed by atoms with Crippen molar-refractivity contribution < 1.29 is 28.5 Å². The highest BCUT2D eigenvalue weighted by atomic mass is 32.1. The highest BCUT2D eigenvalue weighted by molar-refractivity contribution is 7.00. The first-order valence-electron chi connectivity index (χ1n) is 11.8. The van der Waals surface area contributed by atoms with Gasteiger partial charge in [-0.05, 0) is 60.5 Å². The van der Waals surface area contributed by atoms with E-state index in [9.17, 15) is 9.59 Å². The van der Waals surface area contributed by atoms with Gasteiger partial charge in [0.2, 0.25) is 6.79 Å². The zero-order valence-electron chi connectivity index (χ0n) is 20.5. The van der Waals surface area contributed by atoms with Crippen LogP contribution in [0.15, 0.2) is 54.6 Å². The number of methoxy groups -OCH3 is 1. The van der Waals surface area contributed by atoms with Gasteiger partial charge in [0.25, 0.3) is 0 Å². The standard InChI is InChI=1S/C27H22N4O6S/c1-3-35-26(32)25-24(16-5-7-19-20(11-16)30-38-29-19)18-12-17(28-27(33)34-2)6-8-21(18)31(25)13-15-4-9-22-23(10-15)37-14-36-22/h4-12H,3,13-14H2,1-2H3,(H,28,33). The van der Waals surface area contributed by atoms with E-state index in [4.69, 9.17) is 18.9 Å². The molecule has 5 aromatic rings. The van der Waals surface area contributed by atoms with Gasteiger partial charge in [0.15, 0.2) is 11.5 Å². The van der Waals surface area contributed by atoms with Crippen molar-refractivity contribution in [3.8, 4) is 22.6 Å². The monoisotopic (exact) mass is 530 g/mol. The molecule has 0 bridgehead atoms. The van der Waals surface area contributed by atoms with Crippen LogP contribution >= 0.6 is 11.7 Å². The summed E-state index contributed by atoms with van der Waals surface area (Å²) < 4.78 is 31.9. The number of rotatable bonds is 6. The molecule has 0 saturated carbocycles. The summed E-state index contributed by atoms with van der Waals surface area (Å²) in [5.74, 6) is 0.877. The number of aromatic nitrogens is 3. The number of esters is 1. The number of fused-ring (bicyclic) bond motifs is 3. The Morgan fingerprint density at radius 2 is 1.87 bits per heavy atom. The van der Waals surface area contributed by atoms with Gasteiger partial charge < -0.3 is 23.5 Å². The molecule has 192 valence electrons. The molecule has 3 heterocycles. The summed E-state index contributed by atoms with van der Waals surface area (Å²) in [5.41, 5.74) is 5.55. The number of hydrogen-bond donors (Lipinski definition) is 1. The molecule has 1 N–H and O–H groups in total. The molecule has 10 nitrogen and oxygen atoms in total. The van der Waals surface area contributed by atoms with E-state index in [0.29, 0.717) is 35.0 Å². The number of carbonyl (C=O) groups excluding carboxylic acids is 2. The molecule has 0 unspecified atom stereocenters. The number of nitrogens with one attached hydrogen (secondary N) is 1. The van der Waals surface area contributed by atoms with Crippen molar-refractivity contribution in [3.63, 3.8) is 0 Å². The summed E-state index contributed by atoms with van der Waals surface area (Å²) >= 11 is 1.13. The predicted octanol–water partition coefficient (Wildman–Crippen LogP) is 5.45. The van der Waals surface area contributed by atoms with E-state index in [1.54, 1.807) is 13.0 Å². The molecule has 3 aromatic carbocycles. The second kappa shape index (κ2) is 9.67. The Labute approximate surface area is 221 Å². The maximum Gasteiger partial charge on any atom is 0.411 e. The Bertz CT molecular complexity index is 1710. The summed E-state index contributed by atoms with van der Waals surface area (Å²) in [6.45, 7) is 2.53. The minimum atomic E-state index is -0.591. The van der Waals surface area contributed by atoms with E-state index in [2.05, 4.69) is 14.1 Å². The summed E-state index contributed by atoms with van der Waals surface area (Å²) in [4.78, 5) is 25.5. The van der Waals surface area contributed by atoms with Gasteiger partial charge in [0, 0.05) is 28.7 Å². The number of anilines is 1. The molecule has 0 aliphatic carbocycles. The molecule has 38 heavy (non-hydrogen) atoms. The minimum absolute atomic E-state index is 0.174. The second-order valence-electron chi connectivity index (χ2n) is 8.53. The van der Waals surface area contributed by atoms with Crippen LogP contribution in [0.1, 0.15) is 23.0 Å². The smallest absolute Gasteiger partial charge is 0.411 e. The lowest BCUT2D eigenvalue weighted by atomic mass is 10.0. The Hall–Kier alpha value is -4.64. The van der Waals surface area contributed by atoms with E-state index in [1.165, 1.54) is 7.11 Å². The average Bonchev–Trinajstić information content (AvgIpc) is 3.65. The van der Waals surface area contributed by atoms with Gasteiger partial charge in [-0.2, -0.15) is 8.75 Å². The minimum Gasteiger partial charge on any atom is -0.461 e. The summed E-state index contributed by atoms with van der Waals surface area (Å²) in [5, 5.41) is 3.47. The maximum atomic E-state index is 13.5. The molecule has 0 spiro atoms. The molecule has 1 amide bonds. The van der Waals surface area contributed by atoms with Gasteiger partial charge >= 0.3 is 12.1 Å². The maximum absolute atomic E-state index is 13.5.